The number of likely N-dealkylation sites (N-methyl/N-ethyl adjacent to an activating group) is 1. The standard InChI is InChI=1S/C12H13F3N2O2S/c1-2-16-10(18)7-17-11(19)8-3-5-9(6-4-8)20-12(13,14)15/h3-6H,2,7H2,1H3,(H,16,18)(H,17,19). The van der Waals surface area contributed by atoms with Crippen LogP contribution in [-0.2, 0) is 4.79 Å². The summed E-state index contributed by atoms with van der Waals surface area (Å²) in [4.78, 5) is 22.8. The second-order valence-corrected chi connectivity index (χ2v) is 4.85. The largest absolute Gasteiger partial charge is 0.446 e. The maximum atomic E-state index is 12.1. The molecule has 0 saturated carbocycles. The van der Waals surface area contributed by atoms with E-state index in [1.807, 2.05) is 0 Å². The molecule has 0 radical (unpaired) electrons. The zero-order valence-electron chi connectivity index (χ0n) is 10.6. The molecule has 0 fully saturated rings. The fourth-order valence-corrected chi connectivity index (χ4v) is 1.87. The van der Waals surface area contributed by atoms with Crippen LogP contribution >= 0.6 is 11.8 Å². The van der Waals surface area contributed by atoms with Crippen LogP contribution in [-0.4, -0.2) is 30.4 Å². The van der Waals surface area contributed by atoms with Crippen LogP contribution in [0.15, 0.2) is 29.2 Å². The molecule has 0 heterocycles. The highest BCUT2D eigenvalue weighted by Gasteiger charge is 2.29. The molecule has 1 rings (SSSR count). The molecule has 0 spiro atoms. The van der Waals surface area contributed by atoms with Crippen molar-refractivity contribution in [3.63, 3.8) is 0 Å². The monoisotopic (exact) mass is 306 g/mol. The van der Waals surface area contributed by atoms with E-state index in [9.17, 15) is 22.8 Å². The summed E-state index contributed by atoms with van der Waals surface area (Å²) in [7, 11) is 0. The van der Waals surface area contributed by atoms with Crippen molar-refractivity contribution in [2.75, 3.05) is 13.1 Å². The molecule has 0 unspecified atom stereocenters. The molecule has 0 aromatic heterocycles. The summed E-state index contributed by atoms with van der Waals surface area (Å²) in [6, 6.07) is 4.97. The molecule has 110 valence electrons. The van der Waals surface area contributed by atoms with Crippen molar-refractivity contribution in [2.45, 2.75) is 17.3 Å². The summed E-state index contributed by atoms with van der Waals surface area (Å²) < 4.78 is 36.4. The van der Waals surface area contributed by atoms with Crippen LogP contribution in [0.5, 0.6) is 0 Å². The van der Waals surface area contributed by atoms with E-state index in [4.69, 9.17) is 0 Å². The molecule has 0 atom stereocenters. The van der Waals surface area contributed by atoms with Gasteiger partial charge in [-0.1, -0.05) is 0 Å². The first kappa shape index (κ1) is 16.4. The molecule has 8 heteroatoms. The molecule has 0 aliphatic heterocycles. The van der Waals surface area contributed by atoms with Crippen LogP contribution in [0.3, 0.4) is 0 Å². The molecule has 1 aromatic rings. The molecule has 4 nitrogen and oxygen atoms in total. The van der Waals surface area contributed by atoms with Crippen molar-refractivity contribution in [2.24, 2.45) is 0 Å². The molecule has 2 N–H and O–H groups in total. The number of alkyl halides is 3. The van der Waals surface area contributed by atoms with Gasteiger partial charge in [-0.3, -0.25) is 9.59 Å². The lowest BCUT2D eigenvalue weighted by Crippen LogP contribution is -2.36. The van der Waals surface area contributed by atoms with Gasteiger partial charge in [0.1, 0.15) is 0 Å². The van der Waals surface area contributed by atoms with Gasteiger partial charge in [-0.25, -0.2) is 0 Å². The average Bonchev–Trinajstić information content (AvgIpc) is 2.35. The van der Waals surface area contributed by atoms with E-state index in [0.717, 1.165) is 0 Å². The van der Waals surface area contributed by atoms with Crippen LogP contribution in [0.4, 0.5) is 13.2 Å². The quantitative estimate of drug-likeness (QED) is 0.820. The minimum atomic E-state index is -4.36. The SMILES string of the molecule is CCNC(=O)CNC(=O)c1ccc(SC(F)(F)F)cc1. The first-order valence-corrected chi connectivity index (χ1v) is 6.54. The summed E-state index contributed by atoms with van der Waals surface area (Å²) in [6.07, 6.45) is 0. The van der Waals surface area contributed by atoms with E-state index in [2.05, 4.69) is 10.6 Å². The third-order valence-electron chi connectivity index (χ3n) is 2.13. The number of thioether (sulfide) groups is 1. The van der Waals surface area contributed by atoms with Crippen LogP contribution in [0.25, 0.3) is 0 Å². The number of benzene rings is 1. The number of carbonyl (C=O) groups excluding carboxylic acids is 2. The Bertz CT molecular complexity index is 475. The van der Waals surface area contributed by atoms with Crippen molar-refractivity contribution in [3.8, 4) is 0 Å². The lowest BCUT2D eigenvalue weighted by Gasteiger charge is -2.07. The predicted molar refractivity (Wildman–Crippen MR) is 69.4 cm³/mol. The lowest BCUT2D eigenvalue weighted by molar-refractivity contribution is -0.120. The Hall–Kier alpha value is -1.70. The van der Waals surface area contributed by atoms with Gasteiger partial charge in [0.2, 0.25) is 5.91 Å². The van der Waals surface area contributed by atoms with Gasteiger partial charge in [-0.2, -0.15) is 13.2 Å². The fraction of sp³-hybridized carbons (Fsp3) is 0.333. The molecule has 0 bridgehead atoms. The zero-order valence-corrected chi connectivity index (χ0v) is 11.4. The predicted octanol–water partition coefficient (Wildman–Crippen LogP) is 2.16. The van der Waals surface area contributed by atoms with Crippen molar-refractivity contribution in [3.05, 3.63) is 29.8 Å². The zero-order chi connectivity index (χ0) is 15.2. The topological polar surface area (TPSA) is 58.2 Å². The Morgan fingerprint density at radius 1 is 1.15 bits per heavy atom. The third-order valence-corrected chi connectivity index (χ3v) is 2.87. The molecule has 1 aromatic carbocycles. The lowest BCUT2D eigenvalue weighted by atomic mass is 10.2. The van der Waals surface area contributed by atoms with Crippen LogP contribution in [0.2, 0.25) is 0 Å². The Kier molecular flexibility index (Phi) is 5.87. The summed E-state index contributed by atoms with van der Waals surface area (Å²) in [5.41, 5.74) is -4.16. The molecule has 0 aliphatic rings. The van der Waals surface area contributed by atoms with Crippen LogP contribution in [0.1, 0.15) is 17.3 Å². The first-order chi connectivity index (χ1) is 9.31. The van der Waals surface area contributed by atoms with Crippen molar-refractivity contribution >= 4 is 23.6 Å². The highest BCUT2D eigenvalue weighted by atomic mass is 32.2. The van der Waals surface area contributed by atoms with Crippen molar-refractivity contribution < 1.29 is 22.8 Å². The summed E-state index contributed by atoms with van der Waals surface area (Å²) in [5, 5.41) is 4.88. The minimum absolute atomic E-state index is 0.00206. The highest BCUT2D eigenvalue weighted by molar-refractivity contribution is 8.00. The molecule has 0 saturated heterocycles. The summed E-state index contributed by atoms with van der Waals surface area (Å²) in [5.74, 6) is -0.843. The third kappa shape index (κ3) is 5.96. The van der Waals surface area contributed by atoms with Gasteiger partial charge in [0.05, 0.1) is 6.54 Å². The maximum absolute atomic E-state index is 12.1. The Morgan fingerprint density at radius 3 is 2.25 bits per heavy atom. The van der Waals surface area contributed by atoms with Gasteiger partial charge in [0.15, 0.2) is 0 Å². The van der Waals surface area contributed by atoms with E-state index in [1.54, 1.807) is 6.92 Å². The summed E-state index contributed by atoms with van der Waals surface area (Å²) >= 11 is -0.250. The van der Waals surface area contributed by atoms with Gasteiger partial charge in [0.25, 0.3) is 5.91 Å². The number of hydrogen-bond donors (Lipinski definition) is 2. The number of amides is 2. The summed E-state index contributed by atoms with van der Waals surface area (Å²) in [6.45, 7) is 2.03. The van der Waals surface area contributed by atoms with E-state index in [-0.39, 0.29) is 34.7 Å². The molecular weight excluding hydrogens is 293 g/mol. The van der Waals surface area contributed by atoms with Gasteiger partial charge in [0, 0.05) is 17.0 Å². The Balaban J connectivity index is 2.55. The smallest absolute Gasteiger partial charge is 0.355 e. The molecular formula is C12H13F3N2O2S. The second-order valence-electron chi connectivity index (χ2n) is 3.71. The number of rotatable bonds is 5. The molecule has 2 amide bonds. The van der Waals surface area contributed by atoms with Crippen LogP contribution in [0, 0.1) is 0 Å². The van der Waals surface area contributed by atoms with Gasteiger partial charge < -0.3 is 10.6 Å². The average molecular weight is 306 g/mol. The number of halogens is 3. The van der Waals surface area contributed by atoms with E-state index < -0.39 is 11.4 Å². The fourth-order valence-electron chi connectivity index (χ4n) is 1.33. The van der Waals surface area contributed by atoms with Gasteiger partial charge >= 0.3 is 5.51 Å². The Labute approximate surface area is 118 Å². The number of carbonyl (C=O) groups is 2. The van der Waals surface area contributed by atoms with Crippen LogP contribution < -0.4 is 10.6 Å². The van der Waals surface area contributed by atoms with Crippen molar-refractivity contribution in [1.82, 2.24) is 10.6 Å². The van der Waals surface area contributed by atoms with E-state index in [1.165, 1.54) is 24.3 Å². The normalized spacial score (nSPS) is 11.0. The molecule has 0 aliphatic carbocycles. The van der Waals surface area contributed by atoms with E-state index in [0.29, 0.717) is 6.54 Å². The Morgan fingerprint density at radius 2 is 1.75 bits per heavy atom. The van der Waals surface area contributed by atoms with Crippen molar-refractivity contribution in [1.29, 1.82) is 0 Å². The van der Waals surface area contributed by atoms with Gasteiger partial charge in [-0.15, -0.1) is 0 Å². The first-order valence-electron chi connectivity index (χ1n) is 5.72. The molecule has 20 heavy (non-hydrogen) atoms. The number of nitrogens with one attached hydrogen (secondary N) is 2. The van der Waals surface area contributed by atoms with Gasteiger partial charge in [-0.05, 0) is 43.0 Å². The number of hydrogen-bond acceptors (Lipinski definition) is 3. The highest BCUT2D eigenvalue weighted by Crippen LogP contribution is 2.36. The van der Waals surface area contributed by atoms with E-state index >= 15 is 0 Å². The second kappa shape index (κ2) is 7.18. The maximum Gasteiger partial charge on any atom is 0.446 e. The minimum Gasteiger partial charge on any atom is -0.355 e.